The van der Waals surface area contributed by atoms with Gasteiger partial charge in [-0.3, -0.25) is 0 Å². The number of hydrogen-bond donors (Lipinski definition) is 2. The summed E-state index contributed by atoms with van der Waals surface area (Å²) in [5.41, 5.74) is 1.45. The highest BCUT2D eigenvalue weighted by Gasteiger charge is 2.21. The zero-order valence-electron chi connectivity index (χ0n) is 12.8. The average Bonchev–Trinajstić information content (AvgIpc) is 2.37. The molecule has 1 aromatic rings. The molecule has 1 heterocycles. The summed E-state index contributed by atoms with van der Waals surface area (Å²) in [6.07, 6.45) is 0.872. The molecule has 0 unspecified atom stereocenters. The quantitative estimate of drug-likeness (QED) is 0.797. The number of nitrogens with one attached hydrogen (secondary N) is 1. The van der Waals surface area contributed by atoms with E-state index in [-0.39, 0.29) is 11.0 Å². The van der Waals surface area contributed by atoms with Crippen molar-refractivity contribution in [3.63, 3.8) is 0 Å². The summed E-state index contributed by atoms with van der Waals surface area (Å²) in [5.74, 6) is -0.663. The van der Waals surface area contributed by atoms with Crippen LogP contribution < -0.4 is 5.32 Å². The van der Waals surface area contributed by atoms with Crippen molar-refractivity contribution in [3.8, 4) is 0 Å². The third-order valence-electron chi connectivity index (χ3n) is 3.39. The standard InChI is InChI=1S/C14H23N3O3/c1-9-10(2)16-17-12(11(9)13(18)19)15-8-14(3,4)6-7-20-5/h6-8H2,1-5H3,(H,15,17)(H,18,19). The molecule has 0 fully saturated rings. The van der Waals surface area contributed by atoms with Crippen LogP contribution in [0, 0.1) is 19.3 Å². The highest BCUT2D eigenvalue weighted by Crippen LogP contribution is 2.23. The smallest absolute Gasteiger partial charge is 0.339 e. The number of methoxy groups -OCH3 is 1. The Hall–Kier alpha value is -1.69. The first-order chi connectivity index (χ1) is 9.28. The first-order valence-corrected chi connectivity index (χ1v) is 6.58. The van der Waals surface area contributed by atoms with E-state index in [0.29, 0.717) is 30.2 Å². The lowest BCUT2D eigenvalue weighted by molar-refractivity contribution is 0.0696. The summed E-state index contributed by atoms with van der Waals surface area (Å²) in [6.45, 7) is 8.95. The van der Waals surface area contributed by atoms with Gasteiger partial charge in [0.15, 0.2) is 5.82 Å². The lowest BCUT2D eigenvalue weighted by Crippen LogP contribution is -2.26. The first-order valence-electron chi connectivity index (χ1n) is 6.58. The molecule has 0 aliphatic carbocycles. The topological polar surface area (TPSA) is 84.3 Å². The minimum atomic E-state index is -0.988. The van der Waals surface area contributed by atoms with E-state index in [9.17, 15) is 9.90 Å². The van der Waals surface area contributed by atoms with E-state index in [0.717, 1.165) is 6.42 Å². The molecule has 6 nitrogen and oxygen atoms in total. The molecule has 0 amide bonds. The van der Waals surface area contributed by atoms with Gasteiger partial charge in [0, 0.05) is 20.3 Å². The maximum Gasteiger partial charge on any atom is 0.339 e. The number of carbonyl (C=O) groups is 1. The van der Waals surface area contributed by atoms with Gasteiger partial charge in [-0.1, -0.05) is 13.8 Å². The zero-order chi connectivity index (χ0) is 15.3. The van der Waals surface area contributed by atoms with Crippen molar-refractivity contribution >= 4 is 11.8 Å². The van der Waals surface area contributed by atoms with Crippen LogP contribution in [0.3, 0.4) is 0 Å². The molecule has 0 aliphatic heterocycles. The SMILES string of the molecule is COCCC(C)(C)CNc1nnc(C)c(C)c1C(=O)O. The number of rotatable bonds is 7. The predicted octanol–water partition coefficient (Wildman–Crippen LogP) is 2.27. The van der Waals surface area contributed by atoms with Crippen LogP contribution in [0.5, 0.6) is 0 Å². The maximum absolute atomic E-state index is 11.4. The van der Waals surface area contributed by atoms with E-state index in [1.807, 2.05) is 0 Å². The van der Waals surface area contributed by atoms with Crippen LogP contribution in [-0.4, -0.2) is 41.5 Å². The van der Waals surface area contributed by atoms with Crippen LogP contribution in [0.25, 0.3) is 0 Å². The molecule has 0 aromatic carbocycles. The van der Waals surface area contributed by atoms with E-state index >= 15 is 0 Å². The van der Waals surface area contributed by atoms with Crippen molar-refractivity contribution in [1.29, 1.82) is 0 Å². The van der Waals surface area contributed by atoms with Gasteiger partial charge in [0.25, 0.3) is 0 Å². The lowest BCUT2D eigenvalue weighted by atomic mass is 9.89. The molecule has 0 spiro atoms. The minimum absolute atomic E-state index is 0.0216. The summed E-state index contributed by atoms with van der Waals surface area (Å²) >= 11 is 0. The van der Waals surface area contributed by atoms with Crippen molar-refractivity contribution < 1.29 is 14.6 Å². The fourth-order valence-corrected chi connectivity index (χ4v) is 1.78. The second kappa shape index (κ2) is 6.65. The van der Waals surface area contributed by atoms with Crippen molar-refractivity contribution in [2.24, 2.45) is 5.41 Å². The highest BCUT2D eigenvalue weighted by molar-refractivity contribution is 5.94. The summed E-state index contributed by atoms with van der Waals surface area (Å²) < 4.78 is 5.08. The van der Waals surface area contributed by atoms with E-state index < -0.39 is 5.97 Å². The number of hydrogen-bond acceptors (Lipinski definition) is 5. The molecule has 20 heavy (non-hydrogen) atoms. The Kier molecular flexibility index (Phi) is 5.44. The fourth-order valence-electron chi connectivity index (χ4n) is 1.78. The molecule has 6 heteroatoms. The van der Waals surface area contributed by atoms with Crippen LogP contribution in [-0.2, 0) is 4.74 Å². The Labute approximate surface area is 119 Å². The summed E-state index contributed by atoms with van der Waals surface area (Å²) in [4.78, 5) is 11.4. The van der Waals surface area contributed by atoms with Crippen molar-refractivity contribution in [1.82, 2.24) is 10.2 Å². The van der Waals surface area contributed by atoms with Crippen molar-refractivity contribution in [2.75, 3.05) is 25.6 Å². The van der Waals surface area contributed by atoms with Crippen molar-refractivity contribution in [3.05, 3.63) is 16.8 Å². The second-order valence-electron chi connectivity index (χ2n) is 5.70. The Balaban J connectivity index is 2.88. The molecule has 2 N–H and O–H groups in total. The normalized spacial score (nSPS) is 11.4. The Morgan fingerprint density at radius 2 is 2.00 bits per heavy atom. The second-order valence-corrected chi connectivity index (χ2v) is 5.70. The molecule has 1 aromatic heterocycles. The number of anilines is 1. The van der Waals surface area contributed by atoms with Crippen LogP contribution in [0.4, 0.5) is 5.82 Å². The number of carboxylic acid groups (broad SMARTS) is 1. The Bertz CT molecular complexity index is 487. The van der Waals surface area contributed by atoms with E-state index in [1.54, 1.807) is 21.0 Å². The van der Waals surface area contributed by atoms with Gasteiger partial charge in [-0.2, -0.15) is 5.10 Å². The fraction of sp³-hybridized carbons (Fsp3) is 0.643. The molecule has 0 saturated carbocycles. The molecule has 112 valence electrons. The monoisotopic (exact) mass is 281 g/mol. The zero-order valence-corrected chi connectivity index (χ0v) is 12.8. The molecule has 0 radical (unpaired) electrons. The van der Waals surface area contributed by atoms with Crippen molar-refractivity contribution in [2.45, 2.75) is 34.1 Å². The number of aryl methyl sites for hydroxylation is 1. The van der Waals surface area contributed by atoms with Gasteiger partial charge < -0.3 is 15.2 Å². The minimum Gasteiger partial charge on any atom is -0.478 e. The van der Waals surface area contributed by atoms with Gasteiger partial charge in [0.05, 0.1) is 5.69 Å². The third-order valence-corrected chi connectivity index (χ3v) is 3.39. The van der Waals surface area contributed by atoms with Crippen LogP contribution in [0.2, 0.25) is 0 Å². The van der Waals surface area contributed by atoms with Crippen LogP contribution in [0.1, 0.15) is 41.9 Å². The predicted molar refractivity (Wildman–Crippen MR) is 77.2 cm³/mol. The average molecular weight is 281 g/mol. The first kappa shape index (κ1) is 16.4. The van der Waals surface area contributed by atoms with Gasteiger partial charge in [0.1, 0.15) is 5.56 Å². The lowest BCUT2D eigenvalue weighted by Gasteiger charge is -2.25. The molecule has 1 rings (SSSR count). The summed E-state index contributed by atoms with van der Waals surface area (Å²) in [7, 11) is 1.67. The highest BCUT2D eigenvalue weighted by atomic mass is 16.5. The van der Waals surface area contributed by atoms with Crippen LogP contribution in [0.15, 0.2) is 0 Å². The largest absolute Gasteiger partial charge is 0.478 e. The number of aromatic nitrogens is 2. The van der Waals surface area contributed by atoms with Gasteiger partial charge in [-0.25, -0.2) is 4.79 Å². The van der Waals surface area contributed by atoms with E-state index in [2.05, 4.69) is 29.4 Å². The van der Waals surface area contributed by atoms with Gasteiger partial charge in [-0.05, 0) is 31.2 Å². The van der Waals surface area contributed by atoms with E-state index in [4.69, 9.17) is 4.74 Å². The van der Waals surface area contributed by atoms with Gasteiger partial charge >= 0.3 is 5.97 Å². The van der Waals surface area contributed by atoms with Gasteiger partial charge in [-0.15, -0.1) is 5.10 Å². The van der Waals surface area contributed by atoms with E-state index in [1.165, 1.54) is 0 Å². The summed E-state index contributed by atoms with van der Waals surface area (Å²) in [5, 5.41) is 20.4. The Morgan fingerprint density at radius 1 is 1.35 bits per heavy atom. The number of aromatic carboxylic acids is 1. The summed E-state index contributed by atoms with van der Waals surface area (Å²) in [6, 6.07) is 0. The number of carboxylic acids is 1. The maximum atomic E-state index is 11.4. The molecular weight excluding hydrogens is 258 g/mol. The molecule has 0 atom stereocenters. The number of ether oxygens (including phenoxy) is 1. The van der Waals surface area contributed by atoms with Crippen LogP contribution >= 0.6 is 0 Å². The third kappa shape index (κ3) is 4.16. The molecular formula is C14H23N3O3. The van der Waals surface area contributed by atoms with Gasteiger partial charge in [0.2, 0.25) is 0 Å². The number of nitrogens with zero attached hydrogens (tertiary/aromatic N) is 2. The molecule has 0 bridgehead atoms. The molecule has 0 saturated heterocycles. The molecule has 0 aliphatic rings. The Morgan fingerprint density at radius 3 is 2.55 bits per heavy atom.